The third-order valence-electron chi connectivity index (χ3n) is 5.75. The summed E-state index contributed by atoms with van der Waals surface area (Å²) in [5.41, 5.74) is 3.11. The highest BCUT2D eigenvalue weighted by Crippen LogP contribution is 2.26. The van der Waals surface area contributed by atoms with Crippen LogP contribution in [0.4, 0.5) is 21.9 Å². The molecule has 2 aromatic carbocycles. The number of imide groups is 1. The normalized spacial score (nSPS) is 17.1. The number of hydrogen-bond acceptors (Lipinski definition) is 5. The van der Waals surface area contributed by atoms with Crippen LogP contribution in [0.15, 0.2) is 48.5 Å². The zero-order valence-corrected chi connectivity index (χ0v) is 17.6. The van der Waals surface area contributed by atoms with Gasteiger partial charge in [-0.2, -0.15) is 0 Å². The minimum atomic E-state index is -0.220. The third kappa shape index (κ3) is 3.92. The summed E-state index contributed by atoms with van der Waals surface area (Å²) in [7, 11) is 1.68. The minimum Gasteiger partial charge on any atom is -0.497 e. The lowest BCUT2D eigenvalue weighted by molar-refractivity contribution is -0.124. The Balaban J connectivity index is 1.37. The van der Waals surface area contributed by atoms with Crippen molar-refractivity contribution in [2.45, 2.75) is 13.3 Å². The predicted octanol–water partition coefficient (Wildman–Crippen LogP) is 3.20. The van der Waals surface area contributed by atoms with Crippen LogP contribution in [0.1, 0.15) is 13.3 Å². The van der Waals surface area contributed by atoms with Gasteiger partial charge < -0.3 is 14.5 Å². The summed E-state index contributed by atoms with van der Waals surface area (Å²) in [4.78, 5) is 32.2. The molecule has 158 valence electrons. The maximum atomic E-state index is 12.5. The Labute approximate surface area is 177 Å². The summed E-state index contributed by atoms with van der Waals surface area (Å²) in [6.45, 7) is 6.31. The molecule has 2 aromatic rings. The highest BCUT2D eigenvalue weighted by molar-refractivity contribution is 6.12. The van der Waals surface area contributed by atoms with E-state index in [0.717, 1.165) is 49.7 Å². The van der Waals surface area contributed by atoms with Crippen molar-refractivity contribution in [3.8, 4) is 5.75 Å². The minimum absolute atomic E-state index is 0.124. The molecule has 0 aromatic heterocycles. The second-order valence-electron chi connectivity index (χ2n) is 7.60. The van der Waals surface area contributed by atoms with E-state index in [0.29, 0.717) is 6.54 Å². The Bertz CT molecular complexity index is 890. The van der Waals surface area contributed by atoms with E-state index < -0.39 is 0 Å². The third-order valence-corrected chi connectivity index (χ3v) is 5.75. The van der Waals surface area contributed by atoms with Gasteiger partial charge in [-0.25, -0.2) is 4.79 Å². The van der Waals surface area contributed by atoms with Crippen LogP contribution >= 0.6 is 0 Å². The standard InChI is InChI=1S/C23H28N4O3/c1-3-12-26-22(28)17-27(23(26)29)20-6-4-18(5-7-20)24-13-15-25(16-14-24)19-8-10-21(30-2)11-9-19/h4-11H,3,12-17H2,1-2H3. The van der Waals surface area contributed by atoms with E-state index >= 15 is 0 Å². The van der Waals surface area contributed by atoms with E-state index in [1.165, 1.54) is 10.6 Å². The van der Waals surface area contributed by atoms with Gasteiger partial charge >= 0.3 is 6.03 Å². The highest BCUT2D eigenvalue weighted by Gasteiger charge is 2.36. The Morgan fingerprint density at radius 2 is 1.30 bits per heavy atom. The van der Waals surface area contributed by atoms with Gasteiger partial charge in [0.25, 0.3) is 5.91 Å². The van der Waals surface area contributed by atoms with Crippen LogP contribution in [0.5, 0.6) is 5.75 Å². The monoisotopic (exact) mass is 408 g/mol. The fourth-order valence-electron chi connectivity index (χ4n) is 4.05. The zero-order chi connectivity index (χ0) is 21.1. The molecule has 0 N–H and O–H groups in total. The number of methoxy groups -OCH3 is 1. The summed E-state index contributed by atoms with van der Waals surface area (Å²) >= 11 is 0. The molecule has 7 nitrogen and oxygen atoms in total. The predicted molar refractivity (Wildman–Crippen MR) is 119 cm³/mol. The van der Waals surface area contributed by atoms with Gasteiger partial charge in [-0.15, -0.1) is 0 Å². The number of carbonyl (C=O) groups is 2. The van der Waals surface area contributed by atoms with E-state index in [1.54, 1.807) is 12.0 Å². The Hall–Kier alpha value is -3.22. The molecule has 0 atom stereocenters. The number of carbonyl (C=O) groups excluding carboxylic acids is 2. The Morgan fingerprint density at radius 3 is 1.80 bits per heavy atom. The lowest BCUT2D eigenvalue weighted by Gasteiger charge is -2.37. The lowest BCUT2D eigenvalue weighted by atomic mass is 10.2. The first-order valence-electron chi connectivity index (χ1n) is 10.5. The van der Waals surface area contributed by atoms with E-state index in [1.807, 2.05) is 43.3 Å². The molecule has 3 amide bonds. The smallest absolute Gasteiger partial charge is 0.331 e. The van der Waals surface area contributed by atoms with E-state index in [4.69, 9.17) is 4.74 Å². The highest BCUT2D eigenvalue weighted by atomic mass is 16.5. The number of rotatable bonds is 6. The van der Waals surface area contributed by atoms with Gasteiger partial charge in [-0.3, -0.25) is 14.6 Å². The number of amides is 3. The van der Waals surface area contributed by atoms with Crippen molar-refractivity contribution < 1.29 is 14.3 Å². The lowest BCUT2D eigenvalue weighted by Crippen LogP contribution is -2.46. The van der Waals surface area contributed by atoms with Crippen LogP contribution in [0, 0.1) is 0 Å². The van der Waals surface area contributed by atoms with Crippen molar-refractivity contribution in [3.05, 3.63) is 48.5 Å². The molecule has 0 saturated carbocycles. The first-order valence-corrected chi connectivity index (χ1v) is 10.5. The maximum Gasteiger partial charge on any atom is 0.331 e. The maximum absolute atomic E-state index is 12.5. The molecule has 0 aliphatic carbocycles. The molecule has 2 heterocycles. The van der Waals surface area contributed by atoms with Crippen LogP contribution < -0.4 is 19.4 Å². The van der Waals surface area contributed by atoms with Crippen molar-refractivity contribution >= 4 is 29.0 Å². The second kappa shape index (κ2) is 8.65. The SMILES string of the molecule is CCCN1C(=O)CN(c2ccc(N3CCN(c4ccc(OC)cc4)CC3)cc2)C1=O. The average molecular weight is 409 g/mol. The molecule has 30 heavy (non-hydrogen) atoms. The number of benzene rings is 2. The molecule has 2 fully saturated rings. The molecule has 4 rings (SSSR count). The average Bonchev–Trinajstić information content (AvgIpc) is 3.08. The van der Waals surface area contributed by atoms with Crippen molar-refractivity contribution in [2.75, 3.05) is 61.1 Å². The van der Waals surface area contributed by atoms with Gasteiger partial charge in [0.15, 0.2) is 0 Å². The van der Waals surface area contributed by atoms with Crippen LogP contribution in [-0.4, -0.2) is 63.2 Å². The topological polar surface area (TPSA) is 56.3 Å². The molecular weight excluding hydrogens is 380 g/mol. The summed E-state index contributed by atoms with van der Waals surface area (Å²) < 4.78 is 5.24. The Kier molecular flexibility index (Phi) is 5.79. The fraction of sp³-hybridized carbons (Fsp3) is 0.391. The van der Waals surface area contributed by atoms with E-state index in [2.05, 4.69) is 21.9 Å². The summed E-state index contributed by atoms with van der Waals surface area (Å²) in [5, 5.41) is 0. The van der Waals surface area contributed by atoms with Crippen LogP contribution in [-0.2, 0) is 4.79 Å². The molecule has 0 radical (unpaired) electrons. The Morgan fingerprint density at radius 1 is 0.800 bits per heavy atom. The van der Waals surface area contributed by atoms with Crippen molar-refractivity contribution in [3.63, 3.8) is 0 Å². The molecule has 0 bridgehead atoms. The first kappa shape index (κ1) is 20.1. The quantitative estimate of drug-likeness (QED) is 0.687. The van der Waals surface area contributed by atoms with Crippen LogP contribution in [0.2, 0.25) is 0 Å². The van der Waals surface area contributed by atoms with Gasteiger partial charge in [0.1, 0.15) is 12.3 Å². The number of urea groups is 1. The van der Waals surface area contributed by atoms with Crippen LogP contribution in [0.25, 0.3) is 0 Å². The van der Waals surface area contributed by atoms with Crippen molar-refractivity contribution in [2.24, 2.45) is 0 Å². The summed E-state index contributed by atoms with van der Waals surface area (Å²) in [5.74, 6) is 0.744. The van der Waals surface area contributed by atoms with Gasteiger partial charge in [0.2, 0.25) is 0 Å². The largest absolute Gasteiger partial charge is 0.497 e. The number of anilines is 3. The van der Waals surface area contributed by atoms with E-state index in [9.17, 15) is 9.59 Å². The number of ether oxygens (including phenoxy) is 1. The molecule has 7 heteroatoms. The molecular formula is C23H28N4O3. The zero-order valence-electron chi connectivity index (χ0n) is 17.6. The summed E-state index contributed by atoms with van der Waals surface area (Å²) in [6.07, 6.45) is 0.771. The number of hydrogen-bond donors (Lipinski definition) is 0. The van der Waals surface area contributed by atoms with Gasteiger partial charge in [0.05, 0.1) is 7.11 Å². The number of piperazine rings is 1. The van der Waals surface area contributed by atoms with Gasteiger partial charge in [-0.1, -0.05) is 6.92 Å². The molecule has 2 aliphatic rings. The van der Waals surface area contributed by atoms with Gasteiger partial charge in [0, 0.05) is 49.8 Å². The second-order valence-corrected chi connectivity index (χ2v) is 7.60. The first-order chi connectivity index (χ1) is 14.6. The van der Waals surface area contributed by atoms with Crippen LogP contribution in [0.3, 0.4) is 0 Å². The summed E-state index contributed by atoms with van der Waals surface area (Å²) in [6, 6.07) is 15.9. The molecule has 0 spiro atoms. The number of nitrogens with zero attached hydrogens (tertiary/aromatic N) is 4. The van der Waals surface area contributed by atoms with Crippen molar-refractivity contribution in [1.82, 2.24) is 4.90 Å². The van der Waals surface area contributed by atoms with Crippen molar-refractivity contribution in [1.29, 1.82) is 0 Å². The van der Waals surface area contributed by atoms with Gasteiger partial charge in [-0.05, 0) is 55.0 Å². The molecule has 2 aliphatic heterocycles. The van der Waals surface area contributed by atoms with E-state index in [-0.39, 0.29) is 18.5 Å². The fourth-order valence-corrected chi connectivity index (χ4v) is 4.05. The molecule has 2 saturated heterocycles. The molecule has 0 unspecified atom stereocenters.